The number of halogens is 2. The first-order chi connectivity index (χ1) is 7.40. The highest BCUT2D eigenvalue weighted by molar-refractivity contribution is 8.13. The Labute approximate surface area is 111 Å². The largest absolute Gasteiger partial charge is 0.312 e. The van der Waals surface area contributed by atoms with Gasteiger partial charge in [-0.05, 0) is 30.0 Å². The SMILES string of the molecule is CN(C)C(Sc1cc(Cl)cc(Cl)c1)=[N+](C)C. The van der Waals surface area contributed by atoms with Crippen molar-refractivity contribution in [2.45, 2.75) is 4.90 Å². The average Bonchev–Trinajstić information content (AvgIpc) is 2.11. The lowest BCUT2D eigenvalue weighted by atomic mass is 10.4. The summed E-state index contributed by atoms with van der Waals surface area (Å²) in [5, 5.41) is 2.44. The summed E-state index contributed by atoms with van der Waals surface area (Å²) in [6.07, 6.45) is 0. The van der Waals surface area contributed by atoms with Crippen molar-refractivity contribution >= 4 is 40.1 Å². The number of thioether (sulfide) groups is 1. The Hall–Kier alpha value is -0.380. The third-order valence-electron chi connectivity index (χ3n) is 1.81. The van der Waals surface area contributed by atoms with Gasteiger partial charge < -0.3 is 0 Å². The number of rotatable bonds is 1. The second kappa shape index (κ2) is 5.80. The van der Waals surface area contributed by atoms with E-state index in [2.05, 4.69) is 9.48 Å². The Bertz CT molecular complexity index is 392. The minimum absolute atomic E-state index is 0.659. The molecule has 0 N–H and O–H groups in total. The molecule has 1 aromatic carbocycles. The maximum Gasteiger partial charge on any atom is 0.312 e. The standard InChI is InChI=1S/C11H15Cl2N2S/c1-14(2)11(15(3)4)16-10-6-8(12)5-9(13)7-10/h5-7H,1-4H3/q+1. The van der Waals surface area contributed by atoms with Crippen LogP contribution >= 0.6 is 35.0 Å². The molecule has 0 radical (unpaired) electrons. The zero-order chi connectivity index (χ0) is 12.3. The van der Waals surface area contributed by atoms with Crippen LogP contribution in [0.3, 0.4) is 0 Å². The number of nitrogens with zero attached hydrogens (tertiary/aromatic N) is 2. The molecule has 0 amide bonds. The molecule has 0 heterocycles. The molecule has 0 atom stereocenters. The van der Waals surface area contributed by atoms with Crippen LogP contribution in [0.5, 0.6) is 0 Å². The Morgan fingerprint density at radius 2 is 1.62 bits per heavy atom. The summed E-state index contributed by atoms with van der Waals surface area (Å²) in [7, 11) is 8.03. The van der Waals surface area contributed by atoms with Gasteiger partial charge in [0.2, 0.25) is 0 Å². The summed E-state index contributed by atoms with van der Waals surface area (Å²) in [4.78, 5) is 3.09. The van der Waals surface area contributed by atoms with Gasteiger partial charge in [0, 0.05) is 14.9 Å². The molecule has 0 spiro atoms. The van der Waals surface area contributed by atoms with E-state index < -0.39 is 0 Å². The Balaban J connectivity index is 2.99. The van der Waals surface area contributed by atoms with E-state index in [9.17, 15) is 0 Å². The third kappa shape index (κ3) is 3.89. The average molecular weight is 278 g/mol. The number of amidine groups is 1. The van der Waals surface area contributed by atoms with E-state index in [-0.39, 0.29) is 0 Å². The van der Waals surface area contributed by atoms with Crippen LogP contribution in [0, 0.1) is 0 Å². The summed E-state index contributed by atoms with van der Waals surface area (Å²) >= 11 is 13.5. The molecule has 0 fully saturated rings. The van der Waals surface area contributed by atoms with Crippen molar-refractivity contribution in [3.63, 3.8) is 0 Å². The van der Waals surface area contributed by atoms with Crippen LogP contribution in [0.1, 0.15) is 0 Å². The molecule has 16 heavy (non-hydrogen) atoms. The molecule has 1 aromatic rings. The predicted molar refractivity (Wildman–Crippen MR) is 73.1 cm³/mol. The molecule has 1 rings (SSSR count). The molecular weight excluding hydrogens is 263 g/mol. The van der Waals surface area contributed by atoms with E-state index in [0.717, 1.165) is 10.1 Å². The van der Waals surface area contributed by atoms with Crippen molar-refractivity contribution in [1.29, 1.82) is 0 Å². The van der Waals surface area contributed by atoms with Crippen molar-refractivity contribution in [2.24, 2.45) is 0 Å². The Morgan fingerprint density at radius 1 is 1.12 bits per heavy atom. The van der Waals surface area contributed by atoms with Gasteiger partial charge >= 0.3 is 5.17 Å². The molecule has 0 bridgehead atoms. The highest BCUT2D eigenvalue weighted by Gasteiger charge is 2.14. The molecule has 0 saturated carbocycles. The molecule has 5 heteroatoms. The predicted octanol–water partition coefficient (Wildman–Crippen LogP) is 3.28. The quantitative estimate of drug-likeness (QED) is 0.336. The van der Waals surface area contributed by atoms with Crippen molar-refractivity contribution in [3.05, 3.63) is 28.2 Å². The van der Waals surface area contributed by atoms with E-state index in [1.54, 1.807) is 17.8 Å². The van der Waals surface area contributed by atoms with E-state index in [1.165, 1.54) is 0 Å². The highest BCUT2D eigenvalue weighted by atomic mass is 35.5. The fourth-order valence-electron chi connectivity index (χ4n) is 1.28. The first-order valence-electron chi connectivity index (χ1n) is 4.75. The highest BCUT2D eigenvalue weighted by Crippen LogP contribution is 2.27. The normalized spacial score (nSPS) is 10.1. The van der Waals surface area contributed by atoms with Gasteiger partial charge in [-0.15, -0.1) is 0 Å². The van der Waals surface area contributed by atoms with Gasteiger partial charge in [-0.25, -0.2) is 0 Å². The van der Waals surface area contributed by atoms with Gasteiger partial charge in [-0.3, -0.25) is 9.48 Å². The summed E-state index contributed by atoms with van der Waals surface area (Å²) in [6.45, 7) is 0. The molecule has 0 aromatic heterocycles. The van der Waals surface area contributed by atoms with Gasteiger partial charge in [-0.1, -0.05) is 23.2 Å². The maximum absolute atomic E-state index is 5.96. The second-order valence-corrected chi connectivity index (χ2v) is 5.69. The van der Waals surface area contributed by atoms with Gasteiger partial charge in [0.25, 0.3) is 0 Å². The molecule has 88 valence electrons. The number of benzene rings is 1. The maximum atomic E-state index is 5.96. The first kappa shape index (κ1) is 13.7. The van der Waals surface area contributed by atoms with Crippen molar-refractivity contribution < 1.29 is 4.58 Å². The van der Waals surface area contributed by atoms with Gasteiger partial charge in [-0.2, -0.15) is 0 Å². The third-order valence-corrected chi connectivity index (χ3v) is 3.63. The van der Waals surface area contributed by atoms with Crippen LogP contribution < -0.4 is 0 Å². The van der Waals surface area contributed by atoms with Crippen LogP contribution in [-0.2, 0) is 0 Å². The summed E-state index contributed by atoms with van der Waals surface area (Å²) in [6, 6.07) is 5.55. The van der Waals surface area contributed by atoms with E-state index >= 15 is 0 Å². The Kier molecular flexibility index (Phi) is 4.96. The topological polar surface area (TPSA) is 6.25 Å². The molecular formula is C11H15Cl2N2S+. The fraction of sp³-hybridized carbons (Fsp3) is 0.364. The molecule has 0 saturated heterocycles. The fourth-order valence-corrected chi connectivity index (χ4v) is 2.88. The van der Waals surface area contributed by atoms with Crippen molar-refractivity contribution in [1.82, 2.24) is 4.90 Å². The molecule has 2 nitrogen and oxygen atoms in total. The summed E-state index contributed by atoms with van der Waals surface area (Å²) in [5.41, 5.74) is 0. The van der Waals surface area contributed by atoms with Crippen LogP contribution in [0.2, 0.25) is 10.0 Å². The second-order valence-electron chi connectivity index (χ2n) is 3.78. The van der Waals surface area contributed by atoms with Crippen molar-refractivity contribution in [2.75, 3.05) is 28.2 Å². The van der Waals surface area contributed by atoms with Crippen LogP contribution in [-0.4, -0.2) is 42.8 Å². The first-order valence-corrected chi connectivity index (χ1v) is 6.33. The minimum Gasteiger partial charge on any atom is -0.261 e. The zero-order valence-corrected chi connectivity index (χ0v) is 12.1. The number of hydrogen-bond donors (Lipinski definition) is 0. The van der Waals surface area contributed by atoms with E-state index in [4.69, 9.17) is 23.2 Å². The summed E-state index contributed by atoms with van der Waals surface area (Å²) < 4.78 is 2.06. The van der Waals surface area contributed by atoms with Gasteiger partial charge in [0.05, 0.1) is 28.2 Å². The van der Waals surface area contributed by atoms with Crippen LogP contribution in [0.15, 0.2) is 23.1 Å². The van der Waals surface area contributed by atoms with Gasteiger partial charge in [0.1, 0.15) is 0 Å². The minimum atomic E-state index is 0.659. The zero-order valence-electron chi connectivity index (χ0n) is 9.79. The molecule has 0 aliphatic heterocycles. The molecule has 0 unspecified atom stereocenters. The van der Waals surface area contributed by atoms with Crippen LogP contribution in [0.4, 0.5) is 0 Å². The lowest BCUT2D eigenvalue weighted by Gasteiger charge is -2.10. The van der Waals surface area contributed by atoms with E-state index in [1.807, 2.05) is 40.3 Å². The monoisotopic (exact) mass is 277 g/mol. The van der Waals surface area contributed by atoms with Crippen molar-refractivity contribution in [3.8, 4) is 0 Å². The molecule has 0 aliphatic rings. The Morgan fingerprint density at radius 3 is 2.00 bits per heavy atom. The molecule has 0 aliphatic carbocycles. The lowest BCUT2D eigenvalue weighted by molar-refractivity contribution is -0.466. The van der Waals surface area contributed by atoms with Gasteiger partial charge in [0.15, 0.2) is 0 Å². The van der Waals surface area contributed by atoms with Crippen LogP contribution in [0.25, 0.3) is 0 Å². The van der Waals surface area contributed by atoms with E-state index in [0.29, 0.717) is 10.0 Å². The smallest absolute Gasteiger partial charge is 0.261 e. The number of hydrogen-bond acceptors (Lipinski definition) is 1. The lowest BCUT2D eigenvalue weighted by Crippen LogP contribution is -2.26. The summed E-state index contributed by atoms with van der Waals surface area (Å²) in [5.74, 6) is 0.